The smallest absolute Gasteiger partial charge is 0.406 e. The second-order valence-electron chi connectivity index (χ2n) is 6.58. The van der Waals surface area contributed by atoms with Gasteiger partial charge >= 0.3 is 12.1 Å². The van der Waals surface area contributed by atoms with Crippen molar-refractivity contribution in [2.75, 3.05) is 13.2 Å². The number of aryl methyl sites for hydroxylation is 1. The molecule has 3 rings (SSSR count). The number of fused-ring (bicyclic) bond motifs is 1. The van der Waals surface area contributed by atoms with Gasteiger partial charge in [0.1, 0.15) is 28.6 Å². The molecule has 0 spiro atoms. The Bertz CT molecular complexity index is 1150. The summed E-state index contributed by atoms with van der Waals surface area (Å²) in [6.07, 6.45) is -2.27. The van der Waals surface area contributed by atoms with E-state index in [1.807, 2.05) is 0 Å². The quantitative estimate of drug-likeness (QED) is 0.506. The Kier molecular flexibility index (Phi) is 6.48. The van der Waals surface area contributed by atoms with Crippen LogP contribution in [0.1, 0.15) is 27.9 Å². The highest BCUT2D eigenvalue weighted by Gasteiger charge is 2.33. The summed E-state index contributed by atoms with van der Waals surface area (Å²) in [5, 5.41) is 0.122. The summed E-state index contributed by atoms with van der Waals surface area (Å²) in [7, 11) is 0. The van der Waals surface area contributed by atoms with Crippen molar-refractivity contribution in [2.24, 2.45) is 0 Å². The maximum absolute atomic E-state index is 13.0. The average molecular weight is 457 g/mol. The van der Waals surface area contributed by atoms with E-state index >= 15 is 0 Å². The number of carbonyl (C=O) groups is 2. The van der Waals surface area contributed by atoms with Gasteiger partial charge in [0.05, 0.1) is 31.1 Å². The molecule has 0 aromatic carbocycles. The number of carbonyl (C=O) groups excluding carboxylic acids is 2. The molecule has 8 nitrogen and oxygen atoms in total. The highest BCUT2D eigenvalue weighted by atomic mass is 32.1. The van der Waals surface area contributed by atoms with E-state index in [9.17, 15) is 27.6 Å². The van der Waals surface area contributed by atoms with Crippen molar-refractivity contribution in [3.63, 3.8) is 0 Å². The first-order valence-electron chi connectivity index (χ1n) is 9.13. The Morgan fingerprint density at radius 1 is 1.35 bits per heavy atom. The minimum absolute atomic E-state index is 0.122. The van der Waals surface area contributed by atoms with E-state index in [2.05, 4.69) is 4.98 Å². The van der Waals surface area contributed by atoms with Gasteiger partial charge in [0, 0.05) is 0 Å². The zero-order valence-corrected chi connectivity index (χ0v) is 17.4. The first kappa shape index (κ1) is 22.5. The number of esters is 1. The fourth-order valence-corrected chi connectivity index (χ4v) is 3.98. The van der Waals surface area contributed by atoms with Crippen LogP contribution in [0.5, 0.6) is 0 Å². The zero-order valence-electron chi connectivity index (χ0n) is 16.6. The number of ether oxygens (including phenoxy) is 1. The van der Waals surface area contributed by atoms with Crippen LogP contribution in [0, 0.1) is 6.92 Å². The SMILES string of the molecule is CCOC(=O)c1sc2ncn(CC(=O)N(Cc3ccco3)CC(F)(F)F)c(=O)c2c1C. The highest BCUT2D eigenvalue weighted by molar-refractivity contribution is 7.20. The summed E-state index contributed by atoms with van der Waals surface area (Å²) < 4.78 is 49.8. The number of furan rings is 1. The van der Waals surface area contributed by atoms with Crippen LogP contribution in [0.15, 0.2) is 33.9 Å². The van der Waals surface area contributed by atoms with Crippen molar-refractivity contribution in [1.82, 2.24) is 14.5 Å². The number of thiophene rings is 1. The highest BCUT2D eigenvalue weighted by Crippen LogP contribution is 2.27. The first-order chi connectivity index (χ1) is 14.6. The monoisotopic (exact) mass is 457 g/mol. The molecular formula is C19H18F3N3O5S. The lowest BCUT2D eigenvalue weighted by atomic mass is 10.2. The summed E-state index contributed by atoms with van der Waals surface area (Å²) in [5.41, 5.74) is -0.284. The van der Waals surface area contributed by atoms with Crippen LogP contribution < -0.4 is 5.56 Å². The van der Waals surface area contributed by atoms with Crippen molar-refractivity contribution >= 4 is 33.4 Å². The Hall–Kier alpha value is -3.15. The average Bonchev–Trinajstić information content (AvgIpc) is 3.30. The van der Waals surface area contributed by atoms with E-state index in [4.69, 9.17) is 9.15 Å². The van der Waals surface area contributed by atoms with E-state index in [-0.39, 0.29) is 27.5 Å². The first-order valence-corrected chi connectivity index (χ1v) is 9.95. The molecule has 0 radical (unpaired) electrons. The van der Waals surface area contributed by atoms with E-state index in [0.29, 0.717) is 10.5 Å². The number of hydrogen-bond donors (Lipinski definition) is 0. The third-order valence-corrected chi connectivity index (χ3v) is 5.51. The predicted octanol–water partition coefficient (Wildman–Crippen LogP) is 3.13. The lowest BCUT2D eigenvalue weighted by Crippen LogP contribution is -2.41. The largest absolute Gasteiger partial charge is 0.467 e. The third kappa shape index (κ3) is 5.13. The van der Waals surface area contributed by atoms with Gasteiger partial charge in [-0.05, 0) is 31.5 Å². The summed E-state index contributed by atoms with van der Waals surface area (Å²) in [6, 6.07) is 2.94. The molecule has 31 heavy (non-hydrogen) atoms. The Balaban J connectivity index is 1.90. The fourth-order valence-electron chi connectivity index (χ4n) is 2.95. The van der Waals surface area contributed by atoms with Gasteiger partial charge in [-0.3, -0.25) is 14.2 Å². The molecule has 0 atom stereocenters. The lowest BCUT2D eigenvalue weighted by Gasteiger charge is -2.23. The van der Waals surface area contributed by atoms with Gasteiger partial charge in [-0.15, -0.1) is 11.3 Å². The maximum Gasteiger partial charge on any atom is 0.406 e. The van der Waals surface area contributed by atoms with Gasteiger partial charge in [0.25, 0.3) is 5.56 Å². The molecule has 1 amide bonds. The van der Waals surface area contributed by atoms with Crippen molar-refractivity contribution < 1.29 is 31.9 Å². The predicted molar refractivity (Wildman–Crippen MR) is 105 cm³/mol. The topological polar surface area (TPSA) is 94.6 Å². The molecule has 0 saturated heterocycles. The number of halogens is 3. The van der Waals surface area contributed by atoms with E-state index in [0.717, 1.165) is 22.2 Å². The van der Waals surface area contributed by atoms with Crippen molar-refractivity contribution in [2.45, 2.75) is 33.1 Å². The lowest BCUT2D eigenvalue weighted by molar-refractivity contribution is -0.163. The Labute approximate surface area is 177 Å². The van der Waals surface area contributed by atoms with Gasteiger partial charge in [-0.25, -0.2) is 9.78 Å². The summed E-state index contributed by atoms with van der Waals surface area (Å²) in [6.45, 7) is 0.799. The number of aromatic nitrogens is 2. The summed E-state index contributed by atoms with van der Waals surface area (Å²) in [4.78, 5) is 42.7. The Morgan fingerprint density at radius 3 is 2.71 bits per heavy atom. The fraction of sp³-hybridized carbons (Fsp3) is 0.368. The molecule has 0 aliphatic rings. The van der Waals surface area contributed by atoms with Crippen molar-refractivity contribution in [1.29, 1.82) is 0 Å². The van der Waals surface area contributed by atoms with Crippen LogP contribution in [-0.2, 0) is 22.6 Å². The second-order valence-corrected chi connectivity index (χ2v) is 7.58. The molecule has 0 aliphatic carbocycles. The van der Waals surface area contributed by atoms with Crippen LogP contribution in [0.25, 0.3) is 10.2 Å². The van der Waals surface area contributed by atoms with Gasteiger partial charge in [-0.1, -0.05) is 0 Å². The number of hydrogen-bond acceptors (Lipinski definition) is 7. The summed E-state index contributed by atoms with van der Waals surface area (Å²) >= 11 is 0.975. The van der Waals surface area contributed by atoms with Crippen molar-refractivity contribution in [3.05, 3.63) is 51.3 Å². The maximum atomic E-state index is 13.0. The second kappa shape index (κ2) is 8.92. The minimum Gasteiger partial charge on any atom is -0.467 e. The molecule has 0 fully saturated rings. The normalized spacial score (nSPS) is 11.6. The number of alkyl halides is 3. The van der Waals surface area contributed by atoms with E-state index in [1.165, 1.54) is 18.4 Å². The Morgan fingerprint density at radius 2 is 2.10 bits per heavy atom. The van der Waals surface area contributed by atoms with Crippen LogP contribution in [0.3, 0.4) is 0 Å². The zero-order chi connectivity index (χ0) is 22.8. The van der Waals surface area contributed by atoms with Crippen LogP contribution >= 0.6 is 11.3 Å². The van der Waals surface area contributed by atoms with Gasteiger partial charge in [0.2, 0.25) is 5.91 Å². The molecule has 3 aromatic rings. The molecule has 166 valence electrons. The molecule has 12 heteroatoms. The van der Waals surface area contributed by atoms with Crippen molar-refractivity contribution in [3.8, 4) is 0 Å². The molecule has 3 aromatic heterocycles. The van der Waals surface area contributed by atoms with E-state index in [1.54, 1.807) is 13.8 Å². The molecule has 0 saturated carbocycles. The van der Waals surface area contributed by atoms with Crippen LogP contribution in [-0.4, -0.2) is 45.7 Å². The molecule has 0 N–H and O–H groups in total. The summed E-state index contributed by atoms with van der Waals surface area (Å²) in [5.74, 6) is -1.36. The molecular weight excluding hydrogens is 439 g/mol. The molecule has 0 aliphatic heterocycles. The van der Waals surface area contributed by atoms with Crippen LogP contribution in [0.4, 0.5) is 13.2 Å². The number of nitrogens with zero attached hydrogens (tertiary/aromatic N) is 3. The minimum atomic E-state index is -4.63. The van der Waals surface area contributed by atoms with Gasteiger partial charge in [0.15, 0.2) is 0 Å². The molecule has 0 bridgehead atoms. The molecule has 0 unspecified atom stereocenters. The third-order valence-electron chi connectivity index (χ3n) is 4.33. The standard InChI is InChI=1S/C19H18F3N3O5S/c1-3-29-18(28)15-11(2)14-16(31-15)23-10-25(17(14)27)8-13(26)24(9-19(20,21)22)7-12-5-4-6-30-12/h4-6,10H,3,7-9H2,1-2H3. The van der Waals surface area contributed by atoms with Gasteiger partial charge < -0.3 is 14.1 Å². The van der Waals surface area contributed by atoms with E-state index < -0.39 is 43.2 Å². The number of amides is 1. The number of rotatable bonds is 7. The van der Waals surface area contributed by atoms with Crippen LogP contribution in [0.2, 0.25) is 0 Å². The molecule has 3 heterocycles. The van der Waals surface area contributed by atoms with Gasteiger partial charge in [-0.2, -0.15) is 13.2 Å².